The standard InChI is InChI=1S/C16H21ClN2O5/c1-2-8-19(9-7-16(22)23)15(21)10-18-14(20)11-24-13-5-3-12(17)4-6-13/h3-6H,2,7-11H2,1H3,(H,18,20)(H,22,23). The molecule has 1 aromatic carbocycles. The second-order valence-corrected chi connectivity index (χ2v) is 5.48. The lowest BCUT2D eigenvalue weighted by Gasteiger charge is -2.21. The van der Waals surface area contributed by atoms with Gasteiger partial charge in [0.05, 0.1) is 13.0 Å². The molecule has 24 heavy (non-hydrogen) atoms. The third-order valence-corrected chi connectivity index (χ3v) is 3.31. The summed E-state index contributed by atoms with van der Waals surface area (Å²) in [6, 6.07) is 6.55. The molecule has 0 bridgehead atoms. The van der Waals surface area contributed by atoms with Crippen molar-refractivity contribution < 1.29 is 24.2 Å². The molecule has 2 amide bonds. The molecule has 0 aromatic heterocycles. The van der Waals surface area contributed by atoms with E-state index >= 15 is 0 Å². The number of carboxylic acids is 1. The summed E-state index contributed by atoms with van der Waals surface area (Å²) in [5.41, 5.74) is 0. The Morgan fingerprint density at radius 1 is 1.21 bits per heavy atom. The Hall–Kier alpha value is -2.28. The Bertz CT molecular complexity index is 562. The van der Waals surface area contributed by atoms with Gasteiger partial charge in [0, 0.05) is 18.1 Å². The third-order valence-electron chi connectivity index (χ3n) is 3.06. The lowest BCUT2D eigenvalue weighted by molar-refractivity contribution is -0.139. The van der Waals surface area contributed by atoms with Gasteiger partial charge in [0.1, 0.15) is 5.75 Å². The molecule has 0 atom stereocenters. The van der Waals surface area contributed by atoms with Crippen LogP contribution in [0.1, 0.15) is 19.8 Å². The van der Waals surface area contributed by atoms with Crippen LogP contribution in [0.25, 0.3) is 0 Å². The normalized spacial score (nSPS) is 10.1. The molecule has 0 aliphatic heterocycles. The van der Waals surface area contributed by atoms with Crippen LogP contribution in [0.15, 0.2) is 24.3 Å². The van der Waals surface area contributed by atoms with Crippen LogP contribution in [0.4, 0.5) is 0 Å². The van der Waals surface area contributed by atoms with Crippen molar-refractivity contribution in [2.75, 3.05) is 26.2 Å². The number of aliphatic carboxylic acids is 1. The number of carbonyl (C=O) groups excluding carboxylic acids is 2. The summed E-state index contributed by atoms with van der Waals surface area (Å²) in [5.74, 6) is -1.23. The van der Waals surface area contributed by atoms with Gasteiger partial charge in [-0.3, -0.25) is 14.4 Å². The van der Waals surface area contributed by atoms with E-state index in [1.165, 1.54) is 4.90 Å². The van der Waals surface area contributed by atoms with E-state index in [1.54, 1.807) is 24.3 Å². The average Bonchev–Trinajstić information content (AvgIpc) is 2.55. The van der Waals surface area contributed by atoms with E-state index in [0.717, 1.165) is 0 Å². The number of nitrogens with zero attached hydrogens (tertiary/aromatic N) is 1. The molecular formula is C16H21ClN2O5. The summed E-state index contributed by atoms with van der Waals surface area (Å²) in [4.78, 5) is 35.8. The number of amides is 2. The largest absolute Gasteiger partial charge is 0.484 e. The van der Waals surface area contributed by atoms with Crippen molar-refractivity contribution in [2.45, 2.75) is 19.8 Å². The van der Waals surface area contributed by atoms with Crippen LogP contribution in [0.3, 0.4) is 0 Å². The molecule has 0 fully saturated rings. The summed E-state index contributed by atoms with van der Waals surface area (Å²) in [7, 11) is 0. The monoisotopic (exact) mass is 356 g/mol. The van der Waals surface area contributed by atoms with Gasteiger partial charge in [-0.1, -0.05) is 18.5 Å². The number of hydrogen-bond donors (Lipinski definition) is 2. The summed E-state index contributed by atoms with van der Waals surface area (Å²) < 4.78 is 5.27. The molecule has 2 N–H and O–H groups in total. The minimum Gasteiger partial charge on any atom is -0.484 e. The van der Waals surface area contributed by atoms with E-state index in [1.807, 2.05) is 6.92 Å². The summed E-state index contributed by atoms with van der Waals surface area (Å²) in [6.45, 7) is 2.04. The Morgan fingerprint density at radius 2 is 1.88 bits per heavy atom. The molecule has 1 aromatic rings. The van der Waals surface area contributed by atoms with E-state index in [0.29, 0.717) is 23.7 Å². The SMILES string of the molecule is CCCN(CCC(=O)O)C(=O)CNC(=O)COc1ccc(Cl)cc1. The molecule has 0 spiro atoms. The number of hydrogen-bond acceptors (Lipinski definition) is 4. The first-order valence-electron chi connectivity index (χ1n) is 7.57. The minimum absolute atomic E-state index is 0.124. The van der Waals surface area contributed by atoms with Gasteiger partial charge in [0.15, 0.2) is 6.61 Å². The predicted molar refractivity (Wildman–Crippen MR) is 89.1 cm³/mol. The van der Waals surface area contributed by atoms with Crippen LogP contribution >= 0.6 is 11.6 Å². The van der Waals surface area contributed by atoms with E-state index in [9.17, 15) is 14.4 Å². The van der Waals surface area contributed by atoms with Gasteiger partial charge in [-0.2, -0.15) is 0 Å². The zero-order chi connectivity index (χ0) is 17.9. The highest BCUT2D eigenvalue weighted by Gasteiger charge is 2.15. The number of halogens is 1. The van der Waals surface area contributed by atoms with Gasteiger partial charge < -0.3 is 20.1 Å². The average molecular weight is 357 g/mol. The lowest BCUT2D eigenvalue weighted by atomic mass is 10.3. The summed E-state index contributed by atoms with van der Waals surface area (Å²) >= 11 is 5.75. The highest BCUT2D eigenvalue weighted by atomic mass is 35.5. The maximum Gasteiger partial charge on any atom is 0.305 e. The molecular weight excluding hydrogens is 336 g/mol. The maximum atomic E-state index is 12.0. The van der Waals surface area contributed by atoms with E-state index < -0.39 is 11.9 Å². The van der Waals surface area contributed by atoms with Gasteiger partial charge in [0.25, 0.3) is 5.91 Å². The van der Waals surface area contributed by atoms with Crippen LogP contribution in [-0.4, -0.2) is 54.0 Å². The van der Waals surface area contributed by atoms with Crippen LogP contribution in [0, 0.1) is 0 Å². The quantitative estimate of drug-likeness (QED) is 0.663. The van der Waals surface area contributed by atoms with Crippen molar-refractivity contribution in [3.8, 4) is 5.75 Å². The fourth-order valence-electron chi connectivity index (χ4n) is 1.88. The van der Waals surface area contributed by atoms with Crippen molar-refractivity contribution in [2.24, 2.45) is 0 Å². The molecule has 7 nitrogen and oxygen atoms in total. The predicted octanol–water partition coefficient (Wildman–Crippen LogP) is 1.55. The van der Waals surface area contributed by atoms with Gasteiger partial charge in [-0.05, 0) is 30.7 Å². The zero-order valence-corrected chi connectivity index (χ0v) is 14.2. The highest BCUT2D eigenvalue weighted by molar-refractivity contribution is 6.30. The van der Waals surface area contributed by atoms with E-state index in [4.69, 9.17) is 21.4 Å². The third kappa shape index (κ3) is 7.82. The second kappa shape index (κ2) is 10.5. The Balaban J connectivity index is 2.36. The van der Waals surface area contributed by atoms with Gasteiger partial charge in [-0.15, -0.1) is 0 Å². The van der Waals surface area contributed by atoms with Crippen LogP contribution in [0.5, 0.6) is 5.75 Å². The molecule has 1 rings (SSSR count). The van der Waals surface area contributed by atoms with Crippen LogP contribution < -0.4 is 10.1 Å². The first-order valence-corrected chi connectivity index (χ1v) is 7.94. The van der Waals surface area contributed by atoms with Gasteiger partial charge in [0.2, 0.25) is 5.91 Å². The topological polar surface area (TPSA) is 95.9 Å². The molecule has 0 saturated carbocycles. The number of rotatable bonds is 10. The van der Waals surface area contributed by atoms with Crippen LogP contribution in [0.2, 0.25) is 5.02 Å². The zero-order valence-electron chi connectivity index (χ0n) is 13.5. The fraction of sp³-hybridized carbons (Fsp3) is 0.438. The number of nitrogens with one attached hydrogen (secondary N) is 1. The van der Waals surface area contributed by atoms with Crippen molar-refractivity contribution in [1.82, 2.24) is 10.2 Å². The van der Waals surface area contributed by atoms with E-state index in [2.05, 4.69) is 5.32 Å². The highest BCUT2D eigenvalue weighted by Crippen LogP contribution is 2.15. The Kier molecular flexibility index (Phi) is 8.64. The first kappa shape index (κ1) is 19.8. The second-order valence-electron chi connectivity index (χ2n) is 5.04. The summed E-state index contributed by atoms with van der Waals surface area (Å²) in [5, 5.41) is 11.7. The van der Waals surface area contributed by atoms with Crippen molar-refractivity contribution in [3.05, 3.63) is 29.3 Å². The van der Waals surface area contributed by atoms with Gasteiger partial charge >= 0.3 is 5.97 Å². The molecule has 0 saturated heterocycles. The minimum atomic E-state index is -0.968. The fourth-order valence-corrected chi connectivity index (χ4v) is 2.00. The number of benzene rings is 1. The Morgan fingerprint density at radius 3 is 2.46 bits per heavy atom. The molecule has 0 heterocycles. The molecule has 0 unspecified atom stereocenters. The number of ether oxygens (including phenoxy) is 1. The molecule has 8 heteroatoms. The molecule has 0 aliphatic rings. The Labute approximate surface area is 145 Å². The lowest BCUT2D eigenvalue weighted by Crippen LogP contribution is -2.42. The van der Waals surface area contributed by atoms with Crippen molar-refractivity contribution in [1.29, 1.82) is 0 Å². The molecule has 0 radical (unpaired) electrons. The number of carbonyl (C=O) groups is 3. The summed E-state index contributed by atoms with van der Waals surface area (Å²) in [6.07, 6.45) is 0.582. The first-order chi connectivity index (χ1) is 11.4. The van der Waals surface area contributed by atoms with Crippen molar-refractivity contribution >= 4 is 29.4 Å². The number of carboxylic acid groups (broad SMARTS) is 1. The van der Waals surface area contributed by atoms with Crippen LogP contribution in [-0.2, 0) is 14.4 Å². The molecule has 132 valence electrons. The van der Waals surface area contributed by atoms with Gasteiger partial charge in [-0.25, -0.2) is 0 Å². The molecule has 0 aliphatic carbocycles. The smallest absolute Gasteiger partial charge is 0.305 e. The van der Waals surface area contributed by atoms with E-state index in [-0.39, 0.29) is 32.0 Å². The van der Waals surface area contributed by atoms with Crippen molar-refractivity contribution in [3.63, 3.8) is 0 Å². The maximum absolute atomic E-state index is 12.0.